The molecule has 0 aliphatic rings. The predicted octanol–water partition coefficient (Wildman–Crippen LogP) is 5.43. The van der Waals surface area contributed by atoms with E-state index in [-0.39, 0.29) is 17.5 Å². The average molecular weight is 467 g/mol. The lowest BCUT2D eigenvalue weighted by atomic mass is 10.0. The van der Waals surface area contributed by atoms with E-state index in [1.165, 1.54) is 12.1 Å². The van der Waals surface area contributed by atoms with Crippen molar-refractivity contribution in [3.63, 3.8) is 0 Å². The van der Waals surface area contributed by atoms with E-state index in [1.807, 2.05) is 26.0 Å². The minimum absolute atomic E-state index is 0.0456. The molecule has 1 amide bonds. The zero-order valence-corrected chi connectivity index (χ0v) is 20.2. The standard InChI is InChI=1S/C26H30N2O4S/c1-19(2)21-10-14-23(15-11-21)28(33(30,31)25-8-6-5-7-9-25)18-26(29)27-22-12-16-24(17-13-22)32-20(3)4/h5-17,19-20H,18H2,1-4H3,(H,27,29). The van der Waals surface area contributed by atoms with Crippen LogP contribution in [0.4, 0.5) is 11.4 Å². The van der Waals surface area contributed by atoms with Gasteiger partial charge in [0, 0.05) is 5.69 Å². The fourth-order valence-electron chi connectivity index (χ4n) is 3.28. The second-order valence-corrected chi connectivity index (χ2v) is 10.2. The van der Waals surface area contributed by atoms with Gasteiger partial charge >= 0.3 is 0 Å². The minimum atomic E-state index is -3.94. The molecule has 3 aromatic carbocycles. The molecule has 0 bridgehead atoms. The Balaban J connectivity index is 1.85. The van der Waals surface area contributed by atoms with E-state index in [1.54, 1.807) is 54.6 Å². The van der Waals surface area contributed by atoms with Gasteiger partial charge in [0.05, 0.1) is 16.7 Å². The van der Waals surface area contributed by atoms with E-state index in [9.17, 15) is 13.2 Å². The normalized spacial score (nSPS) is 11.5. The Bertz CT molecular complexity index is 1160. The van der Waals surface area contributed by atoms with Crippen molar-refractivity contribution < 1.29 is 17.9 Å². The van der Waals surface area contributed by atoms with Gasteiger partial charge in [-0.05, 0) is 73.9 Å². The summed E-state index contributed by atoms with van der Waals surface area (Å²) in [6, 6.07) is 22.3. The molecule has 33 heavy (non-hydrogen) atoms. The van der Waals surface area contributed by atoms with Crippen LogP contribution in [0.1, 0.15) is 39.2 Å². The zero-order chi connectivity index (χ0) is 24.0. The maximum Gasteiger partial charge on any atom is 0.264 e. The molecule has 0 saturated carbocycles. The van der Waals surface area contributed by atoms with Gasteiger partial charge in [-0.3, -0.25) is 9.10 Å². The van der Waals surface area contributed by atoms with Gasteiger partial charge in [0.1, 0.15) is 12.3 Å². The molecule has 0 fully saturated rings. The van der Waals surface area contributed by atoms with Crippen LogP contribution < -0.4 is 14.4 Å². The molecule has 0 heterocycles. The van der Waals surface area contributed by atoms with Gasteiger partial charge in [0.2, 0.25) is 5.91 Å². The monoisotopic (exact) mass is 466 g/mol. The molecular formula is C26H30N2O4S. The van der Waals surface area contributed by atoms with Crippen molar-refractivity contribution in [2.45, 2.75) is 44.6 Å². The number of anilines is 2. The largest absolute Gasteiger partial charge is 0.491 e. The molecule has 6 nitrogen and oxygen atoms in total. The molecule has 0 radical (unpaired) electrons. The quantitative estimate of drug-likeness (QED) is 0.456. The Hall–Kier alpha value is -3.32. The maximum atomic E-state index is 13.4. The number of nitrogens with one attached hydrogen (secondary N) is 1. The van der Waals surface area contributed by atoms with Crippen LogP contribution in [0.2, 0.25) is 0 Å². The van der Waals surface area contributed by atoms with Crippen molar-refractivity contribution in [1.29, 1.82) is 0 Å². The number of hydrogen-bond acceptors (Lipinski definition) is 4. The summed E-state index contributed by atoms with van der Waals surface area (Å²) >= 11 is 0. The fraction of sp³-hybridized carbons (Fsp3) is 0.269. The lowest BCUT2D eigenvalue weighted by Crippen LogP contribution is -2.38. The topological polar surface area (TPSA) is 75.7 Å². The van der Waals surface area contributed by atoms with Crippen LogP contribution in [-0.2, 0) is 14.8 Å². The SMILES string of the molecule is CC(C)Oc1ccc(NC(=O)CN(c2ccc(C(C)C)cc2)S(=O)(=O)c2ccccc2)cc1. The van der Waals surface area contributed by atoms with Crippen LogP contribution in [0, 0.1) is 0 Å². The number of ether oxygens (including phenoxy) is 1. The second-order valence-electron chi connectivity index (χ2n) is 8.31. The van der Waals surface area contributed by atoms with Crippen molar-refractivity contribution in [3.8, 4) is 5.75 Å². The zero-order valence-electron chi connectivity index (χ0n) is 19.4. The summed E-state index contributed by atoms with van der Waals surface area (Å²) in [7, 11) is -3.94. The third-order valence-corrected chi connectivity index (χ3v) is 6.76. The van der Waals surface area contributed by atoms with Crippen LogP contribution in [0.15, 0.2) is 83.8 Å². The molecule has 0 saturated heterocycles. The van der Waals surface area contributed by atoms with Crippen LogP contribution >= 0.6 is 0 Å². The number of nitrogens with zero attached hydrogens (tertiary/aromatic N) is 1. The van der Waals surface area contributed by atoms with E-state index < -0.39 is 15.9 Å². The summed E-state index contributed by atoms with van der Waals surface area (Å²) in [6.45, 7) is 7.65. The van der Waals surface area contributed by atoms with E-state index >= 15 is 0 Å². The summed E-state index contributed by atoms with van der Waals surface area (Å²) in [5, 5.41) is 2.78. The number of sulfonamides is 1. The molecule has 7 heteroatoms. The Kier molecular flexibility index (Phi) is 7.76. The summed E-state index contributed by atoms with van der Waals surface area (Å²) in [5.41, 5.74) is 2.08. The summed E-state index contributed by atoms with van der Waals surface area (Å²) in [5.74, 6) is 0.561. The number of carbonyl (C=O) groups is 1. The first kappa shape index (κ1) is 24.3. The van der Waals surface area contributed by atoms with Gasteiger partial charge in [-0.1, -0.05) is 44.2 Å². The summed E-state index contributed by atoms with van der Waals surface area (Å²) < 4.78 is 33.6. The van der Waals surface area contributed by atoms with E-state index in [0.29, 0.717) is 23.0 Å². The Labute approximate surface area is 196 Å². The molecule has 1 N–H and O–H groups in total. The molecule has 3 rings (SSSR count). The van der Waals surface area contributed by atoms with E-state index in [2.05, 4.69) is 19.2 Å². The molecule has 174 valence electrons. The van der Waals surface area contributed by atoms with Crippen LogP contribution in [-0.4, -0.2) is 27.0 Å². The first-order chi connectivity index (χ1) is 15.7. The van der Waals surface area contributed by atoms with Gasteiger partial charge < -0.3 is 10.1 Å². The third kappa shape index (κ3) is 6.35. The van der Waals surface area contributed by atoms with Crippen molar-refractivity contribution >= 4 is 27.3 Å². The second kappa shape index (κ2) is 10.5. The first-order valence-electron chi connectivity index (χ1n) is 10.9. The van der Waals surface area contributed by atoms with Crippen molar-refractivity contribution in [2.24, 2.45) is 0 Å². The van der Waals surface area contributed by atoms with Gasteiger partial charge in [0.15, 0.2) is 0 Å². The highest BCUT2D eigenvalue weighted by molar-refractivity contribution is 7.92. The Morgan fingerprint density at radius 2 is 1.48 bits per heavy atom. The number of hydrogen-bond donors (Lipinski definition) is 1. The van der Waals surface area contributed by atoms with E-state index in [0.717, 1.165) is 9.87 Å². The number of rotatable bonds is 9. The van der Waals surface area contributed by atoms with Gasteiger partial charge in [-0.2, -0.15) is 0 Å². The van der Waals surface area contributed by atoms with Gasteiger partial charge in [0.25, 0.3) is 10.0 Å². The smallest absolute Gasteiger partial charge is 0.264 e. The van der Waals surface area contributed by atoms with Crippen LogP contribution in [0.25, 0.3) is 0 Å². The fourth-order valence-corrected chi connectivity index (χ4v) is 4.72. The highest BCUT2D eigenvalue weighted by atomic mass is 32.2. The summed E-state index contributed by atoms with van der Waals surface area (Å²) in [4.78, 5) is 13.0. The molecule has 0 spiro atoms. The molecule has 3 aromatic rings. The highest BCUT2D eigenvalue weighted by Crippen LogP contribution is 2.26. The van der Waals surface area contributed by atoms with Crippen molar-refractivity contribution in [2.75, 3.05) is 16.2 Å². The molecule has 0 aromatic heterocycles. The van der Waals surface area contributed by atoms with E-state index in [4.69, 9.17) is 4.74 Å². The lowest BCUT2D eigenvalue weighted by molar-refractivity contribution is -0.114. The molecule has 0 aliphatic carbocycles. The number of carbonyl (C=O) groups excluding carboxylic acids is 1. The molecule has 0 aliphatic heterocycles. The van der Waals surface area contributed by atoms with Gasteiger partial charge in [-0.25, -0.2) is 8.42 Å². The molecule has 0 unspecified atom stereocenters. The summed E-state index contributed by atoms with van der Waals surface area (Å²) in [6.07, 6.45) is 0.0456. The lowest BCUT2D eigenvalue weighted by Gasteiger charge is -2.24. The first-order valence-corrected chi connectivity index (χ1v) is 12.3. The van der Waals surface area contributed by atoms with Crippen LogP contribution in [0.5, 0.6) is 5.75 Å². The minimum Gasteiger partial charge on any atom is -0.491 e. The number of amides is 1. The highest BCUT2D eigenvalue weighted by Gasteiger charge is 2.27. The Morgan fingerprint density at radius 3 is 2.03 bits per heavy atom. The Morgan fingerprint density at radius 1 is 0.879 bits per heavy atom. The van der Waals surface area contributed by atoms with Crippen molar-refractivity contribution in [3.05, 3.63) is 84.4 Å². The average Bonchev–Trinajstić information content (AvgIpc) is 2.79. The predicted molar refractivity (Wildman–Crippen MR) is 132 cm³/mol. The maximum absolute atomic E-state index is 13.4. The third-order valence-electron chi connectivity index (χ3n) is 4.98. The number of benzene rings is 3. The van der Waals surface area contributed by atoms with Crippen LogP contribution in [0.3, 0.4) is 0 Å². The van der Waals surface area contributed by atoms with Crippen molar-refractivity contribution in [1.82, 2.24) is 0 Å². The van der Waals surface area contributed by atoms with Gasteiger partial charge in [-0.15, -0.1) is 0 Å². The molecule has 0 atom stereocenters. The molecular weight excluding hydrogens is 436 g/mol.